The Balaban J connectivity index is 4.20. The van der Waals surface area contributed by atoms with Gasteiger partial charge >= 0.3 is 11.9 Å². The zero-order chi connectivity index (χ0) is 15.7. The molecule has 4 N–H and O–H groups in total. The first kappa shape index (κ1) is 18.8. The maximum atomic E-state index is 11.3. The fraction of sp³-hybridized carbons (Fsp3) is 0.833. The fourth-order valence-electron chi connectivity index (χ4n) is 0.983. The summed E-state index contributed by atoms with van der Waals surface area (Å²) in [6.45, 7) is 2.53. The van der Waals surface area contributed by atoms with Gasteiger partial charge in [-0.25, -0.2) is 9.59 Å². The number of ether oxygens (including phenoxy) is 2. The Kier molecular flexibility index (Phi) is 9.06. The Morgan fingerprint density at radius 2 is 1.15 bits per heavy atom. The lowest BCUT2D eigenvalue weighted by molar-refractivity contribution is -0.174. The summed E-state index contributed by atoms with van der Waals surface area (Å²) in [5.41, 5.74) is 0. The Labute approximate surface area is 116 Å². The zero-order valence-corrected chi connectivity index (χ0v) is 11.6. The summed E-state index contributed by atoms with van der Waals surface area (Å²) in [7, 11) is 0. The van der Waals surface area contributed by atoms with Gasteiger partial charge in [-0.2, -0.15) is 0 Å². The summed E-state index contributed by atoms with van der Waals surface area (Å²) in [6.07, 6.45) is -4.12. The highest BCUT2D eigenvalue weighted by Crippen LogP contribution is 2.04. The quantitative estimate of drug-likeness (QED) is 0.361. The van der Waals surface area contributed by atoms with Gasteiger partial charge in [0.05, 0.1) is 13.2 Å². The van der Waals surface area contributed by atoms with Gasteiger partial charge < -0.3 is 29.9 Å². The van der Waals surface area contributed by atoms with Crippen molar-refractivity contribution in [2.45, 2.75) is 26.1 Å². The number of hydrogen-bond acceptors (Lipinski definition) is 8. The number of carbonyl (C=O) groups excluding carboxylic acids is 2. The van der Waals surface area contributed by atoms with Crippen LogP contribution in [-0.4, -0.2) is 71.0 Å². The number of carbonyl (C=O) groups is 2. The second-order valence-corrected chi connectivity index (χ2v) is 4.73. The van der Waals surface area contributed by atoms with Crippen molar-refractivity contribution in [1.82, 2.24) is 0 Å². The van der Waals surface area contributed by atoms with Crippen LogP contribution in [-0.2, 0) is 19.1 Å². The molecule has 0 aliphatic heterocycles. The first-order valence-corrected chi connectivity index (χ1v) is 6.24. The lowest BCUT2D eigenvalue weighted by Crippen LogP contribution is -2.42. The van der Waals surface area contributed by atoms with Gasteiger partial charge in [-0.3, -0.25) is 0 Å². The van der Waals surface area contributed by atoms with Crippen LogP contribution in [0.4, 0.5) is 0 Å². The van der Waals surface area contributed by atoms with Crippen LogP contribution in [0.15, 0.2) is 0 Å². The topological polar surface area (TPSA) is 134 Å². The van der Waals surface area contributed by atoms with Crippen molar-refractivity contribution < 1.29 is 39.5 Å². The van der Waals surface area contributed by atoms with Crippen LogP contribution < -0.4 is 0 Å². The minimum Gasteiger partial charge on any atom is -0.463 e. The molecule has 0 fully saturated rings. The van der Waals surface area contributed by atoms with Crippen molar-refractivity contribution in [3.8, 4) is 0 Å². The van der Waals surface area contributed by atoms with Gasteiger partial charge in [-0.05, 0) is 0 Å². The molecule has 8 nitrogen and oxygen atoms in total. The monoisotopic (exact) mass is 294 g/mol. The van der Waals surface area contributed by atoms with E-state index >= 15 is 0 Å². The van der Waals surface area contributed by atoms with E-state index in [0.29, 0.717) is 0 Å². The molecule has 0 spiro atoms. The van der Waals surface area contributed by atoms with Crippen molar-refractivity contribution in [3.05, 3.63) is 0 Å². The van der Waals surface area contributed by atoms with E-state index in [4.69, 9.17) is 10.2 Å². The highest BCUT2D eigenvalue weighted by molar-refractivity contribution is 5.85. The Morgan fingerprint density at radius 1 is 0.850 bits per heavy atom. The molecule has 0 aliphatic carbocycles. The van der Waals surface area contributed by atoms with E-state index in [1.165, 1.54) is 0 Å². The molecule has 20 heavy (non-hydrogen) atoms. The molecular formula is C12H22O8. The summed E-state index contributed by atoms with van der Waals surface area (Å²) in [6, 6.07) is 0. The Hall–Kier alpha value is -1.22. The minimum atomic E-state index is -2.06. The zero-order valence-electron chi connectivity index (χ0n) is 11.6. The molecule has 0 saturated heterocycles. The van der Waals surface area contributed by atoms with Crippen LogP contribution in [0.2, 0.25) is 0 Å². The van der Waals surface area contributed by atoms with E-state index in [-0.39, 0.29) is 38.3 Å². The average molecular weight is 294 g/mol. The van der Waals surface area contributed by atoms with Crippen molar-refractivity contribution in [3.63, 3.8) is 0 Å². The van der Waals surface area contributed by atoms with Gasteiger partial charge in [-0.15, -0.1) is 0 Å². The second kappa shape index (κ2) is 9.65. The first-order valence-electron chi connectivity index (χ1n) is 6.24. The predicted octanol–water partition coefficient (Wildman–Crippen LogP) is -1.95. The molecule has 0 aromatic heterocycles. The molecule has 0 bridgehead atoms. The Morgan fingerprint density at radius 3 is 1.40 bits per heavy atom. The van der Waals surface area contributed by atoms with E-state index in [0.717, 1.165) is 0 Å². The molecule has 0 saturated carbocycles. The average Bonchev–Trinajstić information content (AvgIpc) is 2.47. The number of rotatable bonds is 9. The summed E-state index contributed by atoms with van der Waals surface area (Å²) in [5.74, 6) is -2.99. The predicted molar refractivity (Wildman–Crippen MR) is 66.4 cm³/mol. The normalized spacial score (nSPS) is 16.9. The van der Waals surface area contributed by atoms with E-state index in [1.54, 1.807) is 13.8 Å². The van der Waals surface area contributed by atoms with E-state index < -0.39 is 24.1 Å². The minimum absolute atomic E-state index is 0.143. The van der Waals surface area contributed by atoms with Crippen LogP contribution in [0.5, 0.6) is 0 Å². The molecular weight excluding hydrogens is 272 g/mol. The molecule has 0 aliphatic rings. The number of hydrogen-bond donors (Lipinski definition) is 4. The second-order valence-electron chi connectivity index (χ2n) is 4.73. The van der Waals surface area contributed by atoms with Crippen LogP contribution in [0.3, 0.4) is 0 Å². The number of esters is 2. The maximum Gasteiger partial charge on any atom is 0.338 e. The third-order valence-corrected chi connectivity index (χ3v) is 2.43. The van der Waals surface area contributed by atoms with Gasteiger partial charge in [-0.1, -0.05) is 13.8 Å². The van der Waals surface area contributed by atoms with Gasteiger partial charge in [0.2, 0.25) is 0 Å². The van der Waals surface area contributed by atoms with Crippen LogP contribution >= 0.6 is 0 Å². The van der Waals surface area contributed by atoms with E-state index in [1.807, 2.05) is 0 Å². The van der Waals surface area contributed by atoms with Gasteiger partial charge in [0, 0.05) is 25.0 Å². The molecule has 0 aromatic carbocycles. The van der Waals surface area contributed by atoms with E-state index in [2.05, 4.69) is 9.47 Å². The maximum absolute atomic E-state index is 11.3. The van der Waals surface area contributed by atoms with Gasteiger partial charge in [0.25, 0.3) is 0 Å². The largest absolute Gasteiger partial charge is 0.463 e. The third kappa shape index (κ3) is 6.80. The standard InChI is InChI=1S/C12H22O8/c1-7(3-13)5-19-11(17)9(15)10(16)12(18)20-6-8(2)4-14/h7-10,13-16H,3-6H2,1-2H3. The van der Waals surface area contributed by atoms with Crippen LogP contribution in [0.1, 0.15) is 13.8 Å². The van der Waals surface area contributed by atoms with Crippen molar-refractivity contribution >= 4 is 11.9 Å². The van der Waals surface area contributed by atoms with E-state index in [9.17, 15) is 19.8 Å². The smallest absolute Gasteiger partial charge is 0.338 e. The molecule has 4 atom stereocenters. The summed E-state index contributed by atoms with van der Waals surface area (Å²) >= 11 is 0. The highest BCUT2D eigenvalue weighted by Gasteiger charge is 2.33. The van der Waals surface area contributed by atoms with Crippen LogP contribution in [0.25, 0.3) is 0 Å². The molecule has 0 aromatic rings. The highest BCUT2D eigenvalue weighted by atomic mass is 16.6. The summed E-state index contributed by atoms with van der Waals surface area (Å²) in [5, 5.41) is 36.3. The number of aliphatic hydroxyl groups is 4. The van der Waals surface area contributed by atoms with Crippen molar-refractivity contribution in [1.29, 1.82) is 0 Å². The summed E-state index contributed by atoms with van der Waals surface area (Å²) in [4.78, 5) is 22.7. The third-order valence-electron chi connectivity index (χ3n) is 2.43. The SMILES string of the molecule is CC(CO)COC(=O)C(O)C(O)C(=O)OCC(C)CO. The first-order chi connectivity index (χ1) is 9.33. The van der Waals surface area contributed by atoms with Crippen LogP contribution in [0, 0.1) is 11.8 Å². The van der Waals surface area contributed by atoms with Gasteiger partial charge in [0.1, 0.15) is 0 Å². The van der Waals surface area contributed by atoms with Crippen molar-refractivity contribution in [2.24, 2.45) is 11.8 Å². The summed E-state index contributed by atoms with van der Waals surface area (Å²) < 4.78 is 9.24. The lowest BCUT2D eigenvalue weighted by atomic mass is 10.2. The lowest BCUT2D eigenvalue weighted by Gasteiger charge is -2.17. The molecule has 8 heteroatoms. The molecule has 0 amide bonds. The van der Waals surface area contributed by atoms with Crippen molar-refractivity contribution in [2.75, 3.05) is 26.4 Å². The Bertz CT molecular complexity index is 276. The number of aliphatic hydroxyl groups excluding tert-OH is 4. The fourth-order valence-corrected chi connectivity index (χ4v) is 0.983. The molecule has 0 radical (unpaired) electrons. The molecule has 0 rings (SSSR count). The molecule has 0 heterocycles. The molecule has 4 unspecified atom stereocenters. The molecule has 118 valence electrons. The van der Waals surface area contributed by atoms with Gasteiger partial charge in [0.15, 0.2) is 12.2 Å².